The molecule has 0 aliphatic heterocycles. The van der Waals surface area contributed by atoms with Gasteiger partial charge < -0.3 is 10.5 Å². The van der Waals surface area contributed by atoms with E-state index >= 15 is 0 Å². The van der Waals surface area contributed by atoms with Crippen LogP contribution in [-0.2, 0) is 6.42 Å². The zero-order valence-electron chi connectivity index (χ0n) is 10.5. The smallest absolute Gasteiger partial charge is 0.119 e. The van der Waals surface area contributed by atoms with Gasteiger partial charge in [0, 0.05) is 24.9 Å². The monoisotopic (exact) mass is 242 g/mol. The van der Waals surface area contributed by atoms with Crippen molar-refractivity contribution in [1.29, 1.82) is 0 Å². The lowest BCUT2D eigenvalue weighted by molar-refractivity contribution is 0.322. The second-order valence-corrected chi connectivity index (χ2v) is 4.31. The Bertz CT molecular complexity index is 466. The van der Waals surface area contributed by atoms with Crippen LogP contribution in [0.1, 0.15) is 24.1 Å². The number of pyridine rings is 1. The van der Waals surface area contributed by atoms with Gasteiger partial charge in [-0.15, -0.1) is 0 Å². The summed E-state index contributed by atoms with van der Waals surface area (Å²) in [6.45, 7) is 2.64. The molecular formula is C15H18N2O. The molecule has 1 aromatic heterocycles. The van der Waals surface area contributed by atoms with E-state index in [1.807, 2.05) is 43.3 Å². The summed E-state index contributed by atoms with van der Waals surface area (Å²) in [5.74, 6) is 0.883. The third-order valence-electron chi connectivity index (χ3n) is 2.81. The minimum atomic E-state index is 0.0656. The molecule has 3 heteroatoms. The molecule has 0 aliphatic carbocycles. The Kier molecular flexibility index (Phi) is 4.31. The van der Waals surface area contributed by atoms with Crippen LogP contribution in [0.3, 0.4) is 0 Å². The fraction of sp³-hybridized carbons (Fsp3) is 0.267. The summed E-state index contributed by atoms with van der Waals surface area (Å²) in [6.07, 6.45) is 4.48. The number of nitrogens with zero attached hydrogens (tertiary/aromatic N) is 1. The number of nitrogens with two attached hydrogens (primary N) is 1. The highest BCUT2D eigenvalue weighted by Crippen LogP contribution is 2.16. The highest BCUT2D eigenvalue weighted by Gasteiger charge is 1.99. The summed E-state index contributed by atoms with van der Waals surface area (Å²) in [5, 5.41) is 0. The van der Waals surface area contributed by atoms with Crippen LogP contribution in [0, 0.1) is 0 Å². The molecule has 3 nitrogen and oxygen atoms in total. The third-order valence-corrected chi connectivity index (χ3v) is 2.81. The van der Waals surface area contributed by atoms with Crippen LogP contribution in [0.15, 0.2) is 48.8 Å². The van der Waals surface area contributed by atoms with E-state index < -0.39 is 0 Å². The summed E-state index contributed by atoms with van der Waals surface area (Å²) >= 11 is 0. The molecule has 1 heterocycles. The molecule has 2 aromatic rings. The van der Waals surface area contributed by atoms with Crippen molar-refractivity contribution >= 4 is 0 Å². The van der Waals surface area contributed by atoms with Gasteiger partial charge in [-0.3, -0.25) is 4.98 Å². The van der Waals surface area contributed by atoms with Crippen LogP contribution in [0.4, 0.5) is 0 Å². The molecule has 18 heavy (non-hydrogen) atoms. The maximum absolute atomic E-state index is 5.79. The Morgan fingerprint density at radius 2 is 1.78 bits per heavy atom. The molecule has 0 saturated heterocycles. The molecule has 1 atom stereocenters. The van der Waals surface area contributed by atoms with Gasteiger partial charge in [0.1, 0.15) is 5.75 Å². The van der Waals surface area contributed by atoms with Gasteiger partial charge in [0.15, 0.2) is 0 Å². The van der Waals surface area contributed by atoms with E-state index in [1.54, 1.807) is 12.4 Å². The SMILES string of the molecule is C[C@@H](N)c1ccc(OCCc2ccncc2)cc1. The molecule has 0 amide bonds. The first-order valence-electron chi connectivity index (χ1n) is 6.13. The van der Waals surface area contributed by atoms with Gasteiger partial charge in [-0.05, 0) is 42.3 Å². The average Bonchev–Trinajstić information content (AvgIpc) is 2.40. The van der Waals surface area contributed by atoms with Crippen molar-refractivity contribution in [3.05, 3.63) is 59.9 Å². The molecule has 0 saturated carbocycles. The van der Waals surface area contributed by atoms with Crippen LogP contribution in [-0.4, -0.2) is 11.6 Å². The maximum Gasteiger partial charge on any atom is 0.119 e. The fourth-order valence-corrected chi connectivity index (χ4v) is 1.70. The summed E-state index contributed by atoms with van der Waals surface area (Å²) in [7, 11) is 0. The van der Waals surface area contributed by atoms with Gasteiger partial charge in [-0.1, -0.05) is 12.1 Å². The first-order chi connectivity index (χ1) is 8.75. The predicted octanol–water partition coefficient (Wildman–Crippen LogP) is 2.72. The Morgan fingerprint density at radius 1 is 1.11 bits per heavy atom. The van der Waals surface area contributed by atoms with Crippen LogP contribution in [0.2, 0.25) is 0 Å². The first-order valence-corrected chi connectivity index (χ1v) is 6.13. The van der Waals surface area contributed by atoms with Gasteiger partial charge in [0.2, 0.25) is 0 Å². The summed E-state index contributed by atoms with van der Waals surface area (Å²) in [4.78, 5) is 3.99. The van der Waals surface area contributed by atoms with Crippen molar-refractivity contribution in [1.82, 2.24) is 4.98 Å². The maximum atomic E-state index is 5.79. The van der Waals surface area contributed by atoms with Crippen molar-refractivity contribution in [3.8, 4) is 5.75 Å². The molecule has 0 unspecified atom stereocenters. The molecule has 0 spiro atoms. The van der Waals surface area contributed by atoms with Crippen molar-refractivity contribution < 1.29 is 4.74 Å². The van der Waals surface area contributed by atoms with E-state index in [0.29, 0.717) is 6.61 Å². The van der Waals surface area contributed by atoms with Gasteiger partial charge in [-0.2, -0.15) is 0 Å². The molecule has 0 bridgehead atoms. The molecule has 2 rings (SSSR count). The number of hydrogen-bond acceptors (Lipinski definition) is 3. The van der Waals surface area contributed by atoms with E-state index in [-0.39, 0.29) is 6.04 Å². The second-order valence-electron chi connectivity index (χ2n) is 4.31. The fourth-order valence-electron chi connectivity index (χ4n) is 1.70. The molecule has 0 radical (unpaired) electrons. The molecule has 1 aromatic carbocycles. The Balaban J connectivity index is 1.83. The van der Waals surface area contributed by atoms with E-state index in [4.69, 9.17) is 10.5 Å². The normalized spacial score (nSPS) is 12.1. The van der Waals surface area contributed by atoms with E-state index in [9.17, 15) is 0 Å². The lowest BCUT2D eigenvalue weighted by atomic mass is 10.1. The van der Waals surface area contributed by atoms with Crippen LogP contribution < -0.4 is 10.5 Å². The quantitative estimate of drug-likeness (QED) is 0.877. The number of aromatic nitrogens is 1. The molecule has 0 aliphatic rings. The first kappa shape index (κ1) is 12.6. The average molecular weight is 242 g/mol. The largest absolute Gasteiger partial charge is 0.493 e. The third kappa shape index (κ3) is 3.57. The minimum absolute atomic E-state index is 0.0656. The molecule has 2 N–H and O–H groups in total. The topological polar surface area (TPSA) is 48.1 Å². The van der Waals surface area contributed by atoms with Gasteiger partial charge >= 0.3 is 0 Å². The lowest BCUT2D eigenvalue weighted by Crippen LogP contribution is -2.05. The Labute approximate surface area is 108 Å². The second kappa shape index (κ2) is 6.17. The minimum Gasteiger partial charge on any atom is -0.493 e. The Morgan fingerprint density at radius 3 is 2.39 bits per heavy atom. The number of hydrogen-bond donors (Lipinski definition) is 1. The molecule has 94 valence electrons. The standard InChI is InChI=1S/C15H18N2O/c1-12(16)14-2-4-15(5-3-14)18-11-8-13-6-9-17-10-7-13/h2-7,9-10,12H,8,11,16H2,1H3/t12-/m1/s1. The highest BCUT2D eigenvalue weighted by molar-refractivity contribution is 5.28. The van der Waals surface area contributed by atoms with Gasteiger partial charge in [0.05, 0.1) is 6.61 Å². The summed E-state index contributed by atoms with van der Waals surface area (Å²) in [6, 6.07) is 12.0. The van der Waals surface area contributed by atoms with E-state index in [1.165, 1.54) is 5.56 Å². The number of ether oxygens (including phenoxy) is 1. The van der Waals surface area contributed by atoms with Crippen molar-refractivity contribution in [2.75, 3.05) is 6.61 Å². The predicted molar refractivity (Wildman–Crippen MR) is 72.5 cm³/mol. The van der Waals surface area contributed by atoms with Gasteiger partial charge in [-0.25, -0.2) is 0 Å². The summed E-state index contributed by atoms with van der Waals surface area (Å²) in [5.41, 5.74) is 8.15. The van der Waals surface area contributed by atoms with Crippen LogP contribution in [0.5, 0.6) is 5.75 Å². The zero-order chi connectivity index (χ0) is 12.8. The molecular weight excluding hydrogens is 224 g/mol. The van der Waals surface area contributed by atoms with Crippen LogP contribution >= 0.6 is 0 Å². The number of benzene rings is 1. The number of rotatable bonds is 5. The lowest BCUT2D eigenvalue weighted by Gasteiger charge is -2.09. The summed E-state index contributed by atoms with van der Waals surface area (Å²) < 4.78 is 5.68. The van der Waals surface area contributed by atoms with Crippen molar-refractivity contribution in [2.45, 2.75) is 19.4 Å². The van der Waals surface area contributed by atoms with Crippen LogP contribution in [0.25, 0.3) is 0 Å². The van der Waals surface area contributed by atoms with Gasteiger partial charge in [0.25, 0.3) is 0 Å². The van der Waals surface area contributed by atoms with Crippen molar-refractivity contribution in [3.63, 3.8) is 0 Å². The van der Waals surface area contributed by atoms with E-state index in [2.05, 4.69) is 4.98 Å². The highest BCUT2D eigenvalue weighted by atomic mass is 16.5. The van der Waals surface area contributed by atoms with E-state index in [0.717, 1.165) is 17.7 Å². The molecule has 0 fully saturated rings. The van der Waals surface area contributed by atoms with Crippen molar-refractivity contribution in [2.24, 2.45) is 5.73 Å². The Hall–Kier alpha value is -1.87. The zero-order valence-corrected chi connectivity index (χ0v) is 10.5.